The van der Waals surface area contributed by atoms with Gasteiger partial charge >= 0.3 is 0 Å². The molecular weight excluding hydrogens is 324 g/mol. The third-order valence-electron chi connectivity index (χ3n) is 5.94. The van der Waals surface area contributed by atoms with Crippen molar-refractivity contribution in [2.75, 3.05) is 6.54 Å². The second-order valence-electron chi connectivity index (χ2n) is 7.68. The van der Waals surface area contributed by atoms with E-state index < -0.39 is 0 Å². The number of likely N-dealkylation sites (tertiary alicyclic amines) is 1. The van der Waals surface area contributed by atoms with E-state index in [-0.39, 0.29) is 23.8 Å². The molecule has 1 aliphatic heterocycles. The minimum absolute atomic E-state index is 0.000666. The lowest BCUT2D eigenvalue weighted by Gasteiger charge is -2.24. The number of hydrogen-bond acceptors (Lipinski definition) is 2. The van der Waals surface area contributed by atoms with Crippen molar-refractivity contribution in [1.29, 1.82) is 0 Å². The number of nitrogens with one attached hydrogen (secondary N) is 1. The highest BCUT2D eigenvalue weighted by Crippen LogP contribution is 2.30. The fourth-order valence-corrected chi connectivity index (χ4v) is 4.51. The SMILES string of the molecule is C[C@@H](NC(=O)[C@@H]1CC(=O)N(C2CCCC2)C1)c1cccc2ccccc12. The smallest absolute Gasteiger partial charge is 0.225 e. The van der Waals surface area contributed by atoms with Crippen LogP contribution in [-0.2, 0) is 9.59 Å². The number of rotatable bonds is 4. The topological polar surface area (TPSA) is 49.4 Å². The maximum absolute atomic E-state index is 12.8. The zero-order valence-electron chi connectivity index (χ0n) is 15.3. The van der Waals surface area contributed by atoms with Crippen molar-refractivity contribution < 1.29 is 9.59 Å². The molecule has 1 N–H and O–H groups in total. The number of amides is 2. The summed E-state index contributed by atoms with van der Waals surface area (Å²) in [7, 11) is 0. The van der Waals surface area contributed by atoms with E-state index in [2.05, 4.69) is 29.6 Å². The Balaban J connectivity index is 1.45. The average molecular weight is 350 g/mol. The van der Waals surface area contributed by atoms with Crippen LogP contribution in [0.3, 0.4) is 0 Å². The third kappa shape index (κ3) is 3.20. The van der Waals surface area contributed by atoms with Gasteiger partial charge in [-0.1, -0.05) is 55.3 Å². The summed E-state index contributed by atoms with van der Waals surface area (Å²) >= 11 is 0. The molecule has 1 saturated carbocycles. The van der Waals surface area contributed by atoms with Gasteiger partial charge in [-0.25, -0.2) is 0 Å². The molecule has 1 heterocycles. The molecule has 2 aromatic carbocycles. The van der Waals surface area contributed by atoms with Crippen LogP contribution in [0.5, 0.6) is 0 Å². The quantitative estimate of drug-likeness (QED) is 0.911. The number of nitrogens with zero attached hydrogens (tertiary/aromatic N) is 1. The van der Waals surface area contributed by atoms with Crippen LogP contribution < -0.4 is 5.32 Å². The lowest BCUT2D eigenvalue weighted by atomic mass is 9.99. The monoisotopic (exact) mass is 350 g/mol. The molecule has 136 valence electrons. The van der Waals surface area contributed by atoms with Crippen LogP contribution in [0.15, 0.2) is 42.5 Å². The Morgan fingerprint density at radius 3 is 2.65 bits per heavy atom. The van der Waals surface area contributed by atoms with E-state index in [0.717, 1.165) is 23.8 Å². The van der Waals surface area contributed by atoms with E-state index >= 15 is 0 Å². The van der Waals surface area contributed by atoms with Crippen LogP contribution in [0.2, 0.25) is 0 Å². The molecule has 0 spiro atoms. The fraction of sp³-hybridized carbons (Fsp3) is 0.455. The summed E-state index contributed by atoms with van der Waals surface area (Å²) in [5.41, 5.74) is 1.12. The molecule has 2 fully saturated rings. The van der Waals surface area contributed by atoms with Crippen molar-refractivity contribution in [3.05, 3.63) is 48.0 Å². The van der Waals surface area contributed by atoms with Crippen LogP contribution in [0.25, 0.3) is 10.8 Å². The third-order valence-corrected chi connectivity index (χ3v) is 5.94. The van der Waals surface area contributed by atoms with Crippen LogP contribution >= 0.6 is 0 Å². The Morgan fingerprint density at radius 2 is 1.85 bits per heavy atom. The van der Waals surface area contributed by atoms with E-state index in [1.54, 1.807) is 0 Å². The van der Waals surface area contributed by atoms with Crippen molar-refractivity contribution in [2.24, 2.45) is 5.92 Å². The second kappa shape index (κ2) is 7.10. The molecule has 2 aliphatic rings. The summed E-state index contributed by atoms with van der Waals surface area (Å²) < 4.78 is 0. The Hall–Kier alpha value is -2.36. The zero-order chi connectivity index (χ0) is 18.1. The summed E-state index contributed by atoms with van der Waals surface area (Å²) in [5, 5.41) is 5.48. The summed E-state index contributed by atoms with van der Waals surface area (Å²) in [6.07, 6.45) is 4.93. The van der Waals surface area contributed by atoms with E-state index in [0.29, 0.717) is 19.0 Å². The lowest BCUT2D eigenvalue weighted by molar-refractivity contribution is -0.130. The van der Waals surface area contributed by atoms with Crippen LogP contribution in [0.1, 0.15) is 50.6 Å². The maximum Gasteiger partial charge on any atom is 0.225 e. The fourth-order valence-electron chi connectivity index (χ4n) is 4.51. The van der Waals surface area contributed by atoms with Gasteiger partial charge in [0.2, 0.25) is 11.8 Å². The largest absolute Gasteiger partial charge is 0.349 e. The first-order valence-corrected chi connectivity index (χ1v) is 9.71. The molecule has 0 unspecified atom stereocenters. The average Bonchev–Trinajstić information content (AvgIpc) is 3.30. The molecule has 4 rings (SSSR count). The highest BCUT2D eigenvalue weighted by Gasteiger charge is 2.38. The van der Waals surface area contributed by atoms with Crippen molar-refractivity contribution in [3.8, 4) is 0 Å². The maximum atomic E-state index is 12.8. The van der Waals surface area contributed by atoms with Crippen LogP contribution in [0, 0.1) is 5.92 Å². The molecule has 4 heteroatoms. The lowest BCUT2D eigenvalue weighted by Crippen LogP contribution is -2.37. The highest BCUT2D eigenvalue weighted by atomic mass is 16.2. The van der Waals surface area contributed by atoms with Crippen molar-refractivity contribution in [3.63, 3.8) is 0 Å². The van der Waals surface area contributed by atoms with Gasteiger partial charge in [-0.2, -0.15) is 0 Å². The molecule has 0 aromatic heterocycles. The predicted molar refractivity (Wildman–Crippen MR) is 103 cm³/mol. The zero-order valence-corrected chi connectivity index (χ0v) is 15.3. The molecule has 2 amide bonds. The summed E-state index contributed by atoms with van der Waals surface area (Å²) in [6, 6.07) is 14.7. The van der Waals surface area contributed by atoms with Gasteiger partial charge in [-0.15, -0.1) is 0 Å². The Labute approximate surface area is 154 Å². The predicted octanol–water partition coefficient (Wildman–Crippen LogP) is 3.81. The summed E-state index contributed by atoms with van der Waals surface area (Å²) in [6.45, 7) is 2.60. The van der Waals surface area contributed by atoms with E-state index in [9.17, 15) is 9.59 Å². The van der Waals surface area contributed by atoms with Gasteiger partial charge in [0.25, 0.3) is 0 Å². The van der Waals surface area contributed by atoms with Crippen molar-refractivity contribution in [2.45, 2.75) is 51.1 Å². The summed E-state index contributed by atoms with van der Waals surface area (Å²) in [5.74, 6) is -0.0744. The number of hydrogen-bond donors (Lipinski definition) is 1. The van der Waals surface area contributed by atoms with Crippen molar-refractivity contribution >= 4 is 22.6 Å². The molecule has 1 saturated heterocycles. The minimum atomic E-state index is -0.222. The number of fused-ring (bicyclic) bond motifs is 1. The van der Waals surface area contributed by atoms with Gasteiger partial charge in [0, 0.05) is 19.0 Å². The Kier molecular flexibility index (Phi) is 4.66. The number of carbonyl (C=O) groups excluding carboxylic acids is 2. The van der Waals surface area contributed by atoms with Gasteiger partial charge in [0.05, 0.1) is 12.0 Å². The molecule has 0 bridgehead atoms. The first-order chi connectivity index (χ1) is 12.6. The van der Waals surface area contributed by atoms with Crippen molar-refractivity contribution in [1.82, 2.24) is 10.2 Å². The molecule has 4 nitrogen and oxygen atoms in total. The minimum Gasteiger partial charge on any atom is -0.349 e. The standard InChI is InChI=1S/C22H26N2O2/c1-15(19-12-6-8-16-7-2-5-11-20(16)19)23-22(26)17-13-21(25)24(14-17)18-9-3-4-10-18/h2,5-8,11-12,15,17-18H,3-4,9-10,13-14H2,1H3,(H,23,26)/t15-,17-/m1/s1. The molecule has 26 heavy (non-hydrogen) atoms. The number of benzene rings is 2. The van der Waals surface area contributed by atoms with Gasteiger partial charge < -0.3 is 10.2 Å². The first kappa shape index (κ1) is 17.1. The molecule has 2 aromatic rings. The van der Waals surface area contributed by atoms with E-state index in [4.69, 9.17) is 0 Å². The highest BCUT2D eigenvalue weighted by molar-refractivity contribution is 5.90. The Bertz CT molecular complexity index is 821. The number of carbonyl (C=O) groups is 2. The molecule has 1 aliphatic carbocycles. The second-order valence-corrected chi connectivity index (χ2v) is 7.68. The van der Waals surface area contributed by atoms with Crippen LogP contribution in [0.4, 0.5) is 0 Å². The Morgan fingerprint density at radius 1 is 1.12 bits per heavy atom. The molecule has 0 radical (unpaired) electrons. The van der Waals surface area contributed by atoms with Gasteiger partial charge in [-0.3, -0.25) is 9.59 Å². The van der Waals surface area contributed by atoms with Crippen LogP contribution in [-0.4, -0.2) is 29.3 Å². The molecular formula is C22H26N2O2. The summed E-state index contributed by atoms with van der Waals surface area (Å²) in [4.78, 5) is 27.1. The van der Waals surface area contributed by atoms with Gasteiger partial charge in [0.1, 0.15) is 0 Å². The normalized spacial score (nSPS) is 22.1. The van der Waals surface area contributed by atoms with Gasteiger partial charge in [0.15, 0.2) is 0 Å². The van der Waals surface area contributed by atoms with E-state index in [1.807, 2.05) is 30.0 Å². The van der Waals surface area contributed by atoms with E-state index in [1.165, 1.54) is 18.2 Å². The van der Waals surface area contributed by atoms with Gasteiger partial charge in [-0.05, 0) is 36.1 Å². The first-order valence-electron chi connectivity index (χ1n) is 9.71. The molecule has 2 atom stereocenters.